The highest BCUT2D eigenvalue weighted by Crippen LogP contribution is 2.25. The third-order valence-electron chi connectivity index (χ3n) is 4.62. The van der Waals surface area contributed by atoms with Gasteiger partial charge in [-0.25, -0.2) is 4.98 Å². The van der Waals surface area contributed by atoms with Crippen LogP contribution in [0.25, 0.3) is 11.0 Å². The van der Waals surface area contributed by atoms with Gasteiger partial charge in [0.25, 0.3) is 0 Å². The molecule has 0 aliphatic heterocycles. The number of imidazole rings is 1. The number of para-hydroxylation sites is 2. The number of fused-ring (bicyclic) bond motifs is 1. The van der Waals surface area contributed by atoms with E-state index in [1.807, 2.05) is 42.5 Å². The standard InChI is InChI=1S/C24H22N4O2S/c1-17(29)25-19-11-13-20(14-12-19)26-23(30)16-31-24-27-21-9-5-6-10-22(21)28(24)15-18-7-3-2-4-8-18/h2-14H,15-16H2,1H3,(H,25,29)(H,26,30). The number of nitrogens with zero attached hydrogens (tertiary/aromatic N) is 2. The van der Waals surface area contributed by atoms with Gasteiger partial charge >= 0.3 is 0 Å². The van der Waals surface area contributed by atoms with Gasteiger partial charge < -0.3 is 15.2 Å². The van der Waals surface area contributed by atoms with Crippen LogP contribution in [-0.4, -0.2) is 27.1 Å². The van der Waals surface area contributed by atoms with Crippen LogP contribution in [0.5, 0.6) is 0 Å². The number of anilines is 2. The minimum absolute atomic E-state index is 0.115. The maximum absolute atomic E-state index is 12.5. The molecule has 4 rings (SSSR count). The van der Waals surface area contributed by atoms with E-state index in [2.05, 4.69) is 27.3 Å². The van der Waals surface area contributed by atoms with Gasteiger partial charge in [-0.15, -0.1) is 0 Å². The average molecular weight is 431 g/mol. The summed E-state index contributed by atoms with van der Waals surface area (Å²) in [5, 5.41) is 6.40. The molecule has 156 valence electrons. The molecule has 0 saturated carbocycles. The van der Waals surface area contributed by atoms with Crippen LogP contribution in [0.15, 0.2) is 84.0 Å². The highest BCUT2D eigenvalue weighted by Gasteiger charge is 2.13. The molecule has 31 heavy (non-hydrogen) atoms. The summed E-state index contributed by atoms with van der Waals surface area (Å²) in [6, 6.07) is 25.2. The van der Waals surface area contributed by atoms with Crippen LogP contribution in [0.2, 0.25) is 0 Å². The van der Waals surface area contributed by atoms with Crippen molar-refractivity contribution in [2.45, 2.75) is 18.6 Å². The van der Waals surface area contributed by atoms with Crippen molar-refractivity contribution >= 4 is 46.0 Å². The second kappa shape index (κ2) is 9.49. The number of thioether (sulfide) groups is 1. The van der Waals surface area contributed by atoms with Gasteiger partial charge in [-0.3, -0.25) is 9.59 Å². The zero-order valence-corrected chi connectivity index (χ0v) is 17.9. The molecule has 0 radical (unpaired) electrons. The third-order valence-corrected chi connectivity index (χ3v) is 5.60. The summed E-state index contributed by atoms with van der Waals surface area (Å²) in [5.41, 5.74) is 4.50. The molecule has 0 fully saturated rings. The Bertz CT molecular complexity index is 1200. The third kappa shape index (κ3) is 5.32. The van der Waals surface area contributed by atoms with E-state index >= 15 is 0 Å². The fourth-order valence-corrected chi connectivity index (χ4v) is 4.06. The van der Waals surface area contributed by atoms with Gasteiger partial charge in [0.05, 0.1) is 23.3 Å². The lowest BCUT2D eigenvalue weighted by Crippen LogP contribution is -2.15. The predicted octanol–water partition coefficient (Wildman–Crippen LogP) is 4.77. The molecule has 0 saturated heterocycles. The number of hydrogen-bond acceptors (Lipinski definition) is 4. The Morgan fingerprint density at radius 2 is 1.52 bits per heavy atom. The number of amides is 2. The molecule has 6 nitrogen and oxygen atoms in total. The van der Waals surface area contributed by atoms with Crippen molar-refractivity contribution in [2.75, 3.05) is 16.4 Å². The molecule has 7 heteroatoms. The molecule has 0 unspecified atom stereocenters. The number of carbonyl (C=O) groups is 2. The number of aromatic nitrogens is 2. The molecule has 4 aromatic rings. The lowest BCUT2D eigenvalue weighted by Gasteiger charge is -2.10. The number of rotatable bonds is 7. The van der Waals surface area contributed by atoms with Crippen LogP contribution in [0.1, 0.15) is 12.5 Å². The van der Waals surface area contributed by atoms with E-state index in [0.717, 1.165) is 16.2 Å². The molecule has 2 amide bonds. The monoisotopic (exact) mass is 430 g/mol. The molecular weight excluding hydrogens is 408 g/mol. The molecule has 0 bridgehead atoms. The summed E-state index contributed by atoms with van der Waals surface area (Å²) in [4.78, 5) is 28.3. The number of hydrogen-bond donors (Lipinski definition) is 2. The summed E-state index contributed by atoms with van der Waals surface area (Å²) >= 11 is 1.41. The highest BCUT2D eigenvalue weighted by atomic mass is 32.2. The maximum Gasteiger partial charge on any atom is 0.234 e. The largest absolute Gasteiger partial charge is 0.326 e. The Kier molecular flexibility index (Phi) is 6.33. The summed E-state index contributed by atoms with van der Waals surface area (Å²) in [6.45, 7) is 2.15. The van der Waals surface area contributed by atoms with Gasteiger partial charge in [0.15, 0.2) is 5.16 Å². The first kappa shape index (κ1) is 20.7. The van der Waals surface area contributed by atoms with Crippen molar-refractivity contribution in [2.24, 2.45) is 0 Å². The number of nitrogens with one attached hydrogen (secondary N) is 2. The molecule has 2 N–H and O–H groups in total. The summed E-state index contributed by atoms with van der Waals surface area (Å²) < 4.78 is 2.14. The van der Waals surface area contributed by atoms with Crippen molar-refractivity contribution < 1.29 is 9.59 Å². The molecule has 1 heterocycles. The van der Waals surface area contributed by atoms with Gasteiger partial charge in [0.1, 0.15) is 0 Å². The number of benzene rings is 3. The van der Waals surface area contributed by atoms with Crippen molar-refractivity contribution in [1.29, 1.82) is 0 Å². The summed E-state index contributed by atoms with van der Waals surface area (Å²) in [7, 11) is 0. The summed E-state index contributed by atoms with van der Waals surface area (Å²) in [6.07, 6.45) is 0. The summed E-state index contributed by atoms with van der Waals surface area (Å²) in [5.74, 6) is -0.00636. The SMILES string of the molecule is CC(=O)Nc1ccc(NC(=O)CSc2nc3ccccc3n2Cc2ccccc2)cc1. The molecular formula is C24H22N4O2S. The first-order chi connectivity index (χ1) is 15.1. The van der Waals surface area contributed by atoms with E-state index in [0.29, 0.717) is 17.9 Å². The minimum atomic E-state index is -0.133. The fraction of sp³-hybridized carbons (Fsp3) is 0.125. The molecule has 0 spiro atoms. The van der Waals surface area contributed by atoms with Crippen LogP contribution in [-0.2, 0) is 16.1 Å². The van der Waals surface area contributed by atoms with Crippen molar-refractivity contribution in [1.82, 2.24) is 9.55 Å². The van der Waals surface area contributed by atoms with Gasteiger partial charge in [-0.05, 0) is 42.0 Å². The van der Waals surface area contributed by atoms with E-state index in [1.54, 1.807) is 24.3 Å². The van der Waals surface area contributed by atoms with E-state index in [4.69, 9.17) is 4.98 Å². The Balaban J connectivity index is 1.45. The Hall–Kier alpha value is -3.58. The van der Waals surface area contributed by atoms with Gasteiger partial charge in [-0.2, -0.15) is 0 Å². The van der Waals surface area contributed by atoms with E-state index in [9.17, 15) is 9.59 Å². The van der Waals surface area contributed by atoms with Crippen LogP contribution in [0.4, 0.5) is 11.4 Å². The predicted molar refractivity (Wildman–Crippen MR) is 125 cm³/mol. The van der Waals surface area contributed by atoms with Gasteiger partial charge in [0.2, 0.25) is 11.8 Å². The van der Waals surface area contributed by atoms with Gasteiger partial charge in [-0.1, -0.05) is 54.2 Å². The minimum Gasteiger partial charge on any atom is -0.326 e. The molecule has 0 aliphatic rings. The van der Waals surface area contributed by atoms with E-state index in [-0.39, 0.29) is 17.6 Å². The zero-order chi connectivity index (χ0) is 21.6. The Morgan fingerprint density at radius 1 is 0.871 bits per heavy atom. The maximum atomic E-state index is 12.5. The van der Waals surface area contributed by atoms with E-state index in [1.165, 1.54) is 24.2 Å². The lowest BCUT2D eigenvalue weighted by molar-refractivity contribution is -0.114. The van der Waals surface area contributed by atoms with Crippen LogP contribution < -0.4 is 10.6 Å². The zero-order valence-electron chi connectivity index (χ0n) is 17.0. The normalized spacial score (nSPS) is 10.7. The Labute approximate surface area is 184 Å². The topological polar surface area (TPSA) is 76.0 Å². The molecule has 0 aliphatic carbocycles. The highest BCUT2D eigenvalue weighted by molar-refractivity contribution is 7.99. The first-order valence-electron chi connectivity index (χ1n) is 9.88. The second-order valence-corrected chi connectivity index (χ2v) is 7.99. The average Bonchev–Trinajstić information content (AvgIpc) is 3.11. The van der Waals surface area contributed by atoms with Crippen molar-refractivity contribution in [3.63, 3.8) is 0 Å². The fourth-order valence-electron chi connectivity index (χ4n) is 3.25. The molecule has 3 aromatic carbocycles. The van der Waals surface area contributed by atoms with Gasteiger partial charge in [0, 0.05) is 18.3 Å². The van der Waals surface area contributed by atoms with Crippen LogP contribution in [0, 0.1) is 0 Å². The molecule has 1 aromatic heterocycles. The van der Waals surface area contributed by atoms with Crippen LogP contribution >= 0.6 is 11.8 Å². The molecule has 0 atom stereocenters. The van der Waals surface area contributed by atoms with Crippen molar-refractivity contribution in [3.8, 4) is 0 Å². The van der Waals surface area contributed by atoms with Crippen molar-refractivity contribution in [3.05, 3.63) is 84.4 Å². The smallest absolute Gasteiger partial charge is 0.234 e. The Morgan fingerprint density at radius 3 is 2.23 bits per heavy atom. The second-order valence-electron chi connectivity index (χ2n) is 7.05. The lowest BCUT2D eigenvalue weighted by atomic mass is 10.2. The number of carbonyl (C=O) groups excluding carboxylic acids is 2. The van der Waals surface area contributed by atoms with E-state index < -0.39 is 0 Å². The quantitative estimate of drug-likeness (QED) is 0.414. The van der Waals surface area contributed by atoms with Crippen LogP contribution in [0.3, 0.4) is 0 Å². The first-order valence-corrected chi connectivity index (χ1v) is 10.9.